The molecule has 0 fully saturated rings. The van der Waals surface area contributed by atoms with Crippen LogP contribution in [0.25, 0.3) is 22.2 Å². The van der Waals surface area contributed by atoms with Crippen LogP contribution in [0.1, 0.15) is 17.5 Å². The van der Waals surface area contributed by atoms with Gasteiger partial charge in [0.15, 0.2) is 0 Å². The van der Waals surface area contributed by atoms with Gasteiger partial charge in [0.1, 0.15) is 0 Å². The third-order valence-corrected chi connectivity index (χ3v) is 4.85. The molecule has 0 unspecified atom stereocenters. The summed E-state index contributed by atoms with van der Waals surface area (Å²) in [5.74, 6) is 0. The summed E-state index contributed by atoms with van der Waals surface area (Å²) < 4.78 is 2.47. The third-order valence-electron chi connectivity index (χ3n) is 4.85. The lowest BCUT2D eigenvalue weighted by molar-refractivity contribution is 0.667. The van der Waals surface area contributed by atoms with Gasteiger partial charge in [-0.2, -0.15) is 0 Å². The van der Waals surface area contributed by atoms with Crippen molar-refractivity contribution in [3.05, 3.63) is 96.1 Å². The molecule has 0 radical (unpaired) electrons. The number of benzene rings is 3. The zero-order valence-electron chi connectivity index (χ0n) is 14.7. The van der Waals surface area contributed by atoms with Gasteiger partial charge < -0.3 is 4.57 Å². The fourth-order valence-electron chi connectivity index (χ4n) is 3.50. The van der Waals surface area contributed by atoms with E-state index in [9.17, 15) is 0 Å². The summed E-state index contributed by atoms with van der Waals surface area (Å²) in [6, 6.07) is 30.6. The van der Waals surface area contributed by atoms with Crippen LogP contribution in [-0.4, -0.2) is 4.57 Å². The highest BCUT2D eigenvalue weighted by molar-refractivity contribution is 5.87. The number of hydrogen-bond donors (Lipinski definition) is 0. The molecule has 1 heteroatoms. The van der Waals surface area contributed by atoms with E-state index >= 15 is 0 Å². The topological polar surface area (TPSA) is 4.93 Å². The summed E-state index contributed by atoms with van der Waals surface area (Å²) in [5.41, 5.74) is 6.67. The molecule has 4 aromatic rings. The molecule has 0 spiro atoms. The van der Waals surface area contributed by atoms with Gasteiger partial charge in [-0.25, -0.2) is 0 Å². The van der Waals surface area contributed by atoms with E-state index in [4.69, 9.17) is 0 Å². The molecule has 0 N–H and O–H groups in total. The SMILES string of the molecule is Cc1ccc(CCCn2c(-c3ccccc3)cc3ccccc32)cc1. The highest BCUT2D eigenvalue weighted by Crippen LogP contribution is 2.28. The minimum atomic E-state index is 1.03. The van der Waals surface area contributed by atoms with Crippen molar-refractivity contribution in [1.82, 2.24) is 4.57 Å². The summed E-state index contributed by atoms with van der Waals surface area (Å²) in [5, 5.41) is 1.32. The second kappa shape index (κ2) is 6.98. The van der Waals surface area contributed by atoms with E-state index in [0.717, 1.165) is 19.4 Å². The molecule has 0 aliphatic carbocycles. The Labute approximate surface area is 149 Å². The number of nitrogens with zero attached hydrogens (tertiary/aromatic N) is 1. The molecule has 0 saturated heterocycles. The number of aryl methyl sites for hydroxylation is 3. The molecule has 1 aromatic heterocycles. The quantitative estimate of drug-likeness (QED) is 0.409. The van der Waals surface area contributed by atoms with Crippen LogP contribution in [0.15, 0.2) is 84.9 Å². The van der Waals surface area contributed by atoms with Crippen LogP contribution in [0.3, 0.4) is 0 Å². The van der Waals surface area contributed by atoms with Crippen LogP contribution in [0.4, 0.5) is 0 Å². The van der Waals surface area contributed by atoms with Crippen molar-refractivity contribution in [2.24, 2.45) is 0 Å². The zero-order valence-corrected chi connectivity index (χ0v) is 14.7. The molecule has 1 nitrogen and oxygen atoms in total. The first-order valence-corrected chi connectivity index (χ1v) is 9.00. The Morgan fingerprint density at radius 1 is 0.760 bits per heavy atom. The maximum absolute atomic E-state index is 2.47. The molecule has 4 rings (SSSR count). The van der Waals surface area contributed by atoms with Crippen molar-refractivity contribution >= 4 is 10.9 Å². The lowest BCUT2D eigenvalue weighted by atomic mass is 10.1. The number of fused-ring (bicyclic) bond motifs is 1. The summed E-state index contributed by atoms with van der Waals surface area (Å²) in [4.78, 5) is 0. The molecule has 3 aromatic carbocycles. The molecular weight excluding hydrogens is 302 g/mol. The van der Waals surface area contributed by atoms with Crippen molar-refractivity contribution < 1.29 is 0 Å². The first-order chi connectivity index (χ1) is 12.3. The highest BCUT2D eigenvalue weighted by Gasteiger charge is 2.10. The lowest BCUT2D eigenvalue weighted by Gasteiger charge is -2.11. The van der Waals surface area contributed by atoms with Gasteiger partial charge in [-0.15, -0.1) is 0 Å². The predicted molar refractivity (Wildman–Crippen MR) is 107 cm³/mol. The second-order valence-electron chi connectivity index (χ2n) is 6.70. The molecule has 0 atom stereocenters. The Hall–Kier alpha value is -2.80. The molecule has 0 saturated carbocycles. The van der Waals surface area contributed by atoms with Crippen LogP contribution >= 0.6 is 0 Å². The molecular formula is C24H23N. The van der Waals surface area contributed by atoms with Gasteiger partial charge in [0, 0.05) is 23.1 Å². The molecule has 0 aliphatic heterocycles. The molecule has 0 bridgehead atoms. The molecule has 25 heavy (non-hydrogen) atoms. The maximum atomic E-state index is 2.47. The Morgan fingerprint density at radius 2 is 1.48 bits per heavy atom. The van der Waals surface area contributed by atoms with Crippen LogP contribution < -0.4 is 0 Å². The predicted octanol–water partition coefficient (Wildman–Crippen LogP) is 6.25. The largest absolute Gasteiger partial charge is 0.340 e. The van der Waals surface area contributed by atoms with Crippen LogP contribution in [-0.2, 0) is 13.0 Å². The van der Waals surface area contributed by atoms with Crippen LogP contribution in [0, 0.1) is 6.92 Å². The van der Waals surface area contributed by atoms with Gasteiger partial charge in [0.25, 0.3) is 0 Å². The van der Waals surface area contributed by atoms with E-state index in [-0.39, 0.29) is 0 Å². The molecule has 0 aliphatic rings. The fraction of sp³-hybridized carbons (Fsp3) is 0.167. The van der Waals surface area contributed by atoms with E-state index in [1.54, 1.807) is 0 Å². The number of rotatable bonds is 5. The minimum Gasteiger partial charge on any atom is -0.340 e. The van der Waals surface area contributed by atoms with Gasteiger partial charge in [-0.3, -0.25) is 0 Å². The van der Waals surface area contributed by atoms with Gasteiger partial charge in [0.05, 0.1) is 0 Å². The Balaban J connectivity index is 1.62. The lowest BCUT2D eigenvalue weighted by Crippen LogP contribution is -2.01. The van der Waals surface area contributed by atoms with Gasteiger partial charge >= 0.3 is 0 Å². The van der Waals surface area contributed by atoms with E-state index in [2.05, 4.69) is 96.4 Å². The maximum Gasteiger partial charge on any atom is 0.0491 e. The van der Waals surface area contributed by atoms with E-state index < -0.39 is 0 Å². The second-order valence-corrected chi connectivity index (χ2v) is 6.70. The molecule has 124 valence electrons. The van der Waals surface area contributed by atoms with E-state index in [0.29, 0.717) is 0 Å². The van der Waals surface area contributed by atoms with Crippen molar-refractivity contribution in [1.29, 1.82) is 0 Å². The van der Waals surface area contributed by atoms with Gasteiger partial charge in [-0.05, 0) is 43.0 Å². The Morgan fingerprint density at radius 3 is 2.28 bits per heavy atom. The Kier molecular flexibility index (Phi) is 4.39. The first-order valence-electron chi connectivity index (χ1n) is 9.00. The third kappa shape index (κ3) is 3.36. The van der Waals surface area contributed by atoms with Crippen molar-refractivity contribution in [2.75, 3.05) is 0 Å². The normalized spacial score (nSPS) is 11.1. The number of aromatic nitrogens is 1. The summed E-state index contributed by atoms with van der Waals surface area (Å²) in [7, 11) is 0. The summed E-state index contributed by atoms with van der Waals surface area (Å²) in [6.07, 6.45) is 2.25. The zero-order chi connectivity index (χ0) is 17.1. The number of hydrogen-bond acceptors (Lipinski definition) is 0. The van der Waals surface area contributed by atoms with Crippen LogP contribution in [0.2, 0.25) is 0 Å². The molecule has 1 heterocycles. The van der Waals surface area contributed by atoms with E-state index in [1.165, 1.54) is 33.3 Å². The summed E-state index contributed by atoms with van der Waals surface area (Å²) >= 11 is 0. The smallest absolute Gasteiger partial charge is 0.0491 e. The van der Waals surface area contributed by atoms with E-state index in [1.807, 2.05) is 0 Å². The minimum absolute atomic E-state index is 1.03. The first kappa shape index (κ1) is 15.7. The molecule has 0 amide bonds. The van der Waals surface area contributed by atoms with Crippen molar-refractivity contribution in [3.63, 3.8) is 0 Å². The fourth-order valence-corrected chi connectivity index (χ4v) is 3.50. The highest BCUT2D eigenvalue weighted by atomic mass is 15.0. The van der Waals surface area contributed by atoms with Crippen molar-refractivity contribution in [3.8, 4) is 11.3 Å². The van der Waals surface area contributed by atoms with Gasteiger partial charge in [0.2, 0.25) is 0 Å². The van der Waals surface area contributed by atoms with Crippen LogP contribution in [0.5, 0.6) is 0 Å². The van der Waals surface area contributed by atoms with Gasteiger partial charge in [-0.1, -0.05) is 78.4 Å². The average molecular weight is 325 g/mol. The number of para-hydroxylation sites is 1. The standard InChI is InChI=1S/C24H23N/c1-19-13-15-20(16-14-19)8-7-17-25-23-12-6-5-11-22(23)18-24(25)21-9-3-2-4-10-21/h2-6,9-16,18H,7-8,17H2,1H3. The average Bonchev–Trinajstić information content (AvgIpc) is 3.03. The summed E-state index contributed by atoms with van der Waals surface area (Å²) in [6.45, 7) is 3.17. The van der Waals surface area contributed by atoms with Crippen molar-refractivity contribution in [2.45, 2.75) is 26.3 Å². The monoisotopic (exact) mass is 325 g/mol. The Bertz CT molecular complexity index is 962.